The summed E-state index contributed by atoms with van der Waals surface area (Å²) in [6, 6.07) is 43.2. The Morgan fingerprint density at radius 1 is 0.711 bits per heavy atom. The number of hydrogen-bond donors (Lipinski definition) is 2. The van der Waals surface area contributed by atoms with Gasteiger partial charge in [0.2, 0.25) is 5.91 Å². The average Bonchev–Trinajstić information content (AvgIpc) is 3.09. The molecule has 45 heavy (non-hydrogen) atoms. The standard InChI is InChI=1S/C39H36ClN3O2/c40-36-18-10-9-16-34(36)33-15-7-8-17-35(33)38(44)42-31-19-21-32(22-20-31)43-25-23-30(24-26-43)37(29-13-5-2-6-14-29)39(45)41-27-28-11-3-1-4-12-28/h1-22,30,37H,23-27H2,(H,41,45)(H,42,44). The summed E-state index contributed by atoms with van der Waals surface area (Å²) >= 11 is 6.44. The zero-order valence-electron chi connectivity index (χ0n) is 25.0. The summed E-state index contributed by atoms with van der Waals surface area (Å²) in [5.41, 5.74) is 6.18. The lowest BCUT2D eigenvalue weighted by Crippen LogP contribution is -2.40. The first-order valence-electron chi connectivity index (χ1n) is 15.4. The third-order valence-corrected chi connectivity index (χ3v) is 8.92. The zero-order chi connectivity index (χ0) is 31.0. The van der Waals surface area contributed by atoms with E-state index in [1.807, 2.05) is 109 Å². The van der Waals surface area contributed by atoms with Crippen LogP contribution in [0.4, 0.5) is 11.4 Å². The van der Waals surface area contributed by atoms with Gasteiger partial charge in [0.05, 0.1) is 5.92 Å². The fourth-order valence-electron chi connectivity index (χ4n) is 6.23. The molecule has 1 atom stereocenters. The minimum absolute atomic E-state index is 0.0831. The van der Waals surface area contributed by atoms with Gasteiger partial charge in [-0.05, 0) is 71.8 Å². The number of hydrogen-bond acceptors (Lipinski definition) is 3. The molecule has 2 N–H and O–H groups in total. The van der Waals surface area contributed by atoms with E-state index in [-0.39, 0.29) is 23.7 Å². The first-order chi connectivity index (χ1) is 22.1. The third-order valence-electron chi connectivity index (χ3n) is 8.59. The minimum Gasteiger partial charge on any atom is -0.372 e. The normalized spacial score (nSPS) is 14.0. The van der Waals surface area contributed by atoms with Gasteiger partial charge >= 0.3 is 0 Å². The summed E-state index contributed by atoms with van der Waals surface area (Å²) in [5, 5.41) is 6.85. The molecule has 1 aliphatic rings. The van der Waals surface area contributed by atoms with Crippen LogP contribution in [0.1, 0.15) is 40.2 Å². The van der Waals surface area contributed by atoms with Crippen molar-refractivity contribution in [3.05, 3.63) is 155 Å². The van der Waals surface area contributed by atoms with Crippen LogP contribution in [0, 0.1) is 5.92 Å². The quantitative estimate of drug-likeness (QED) is 0.175. The molecule has 5 aromatic rings. The summed E-state index contributed by atoms with van der Waals surface area (Å²) in [6.45, 7) is 2.24. The largest absolute Gasteiger partial charge is 0.372 e. The molecule has 5 nitrogen and oxygen atoms in total. The van der Waals surface area contributed by atoms with E-state index in [9.17, 15) is 9.59 Å². The molecule has 2 amide bonds. The van der Waals surface area contributed by atoms with Crippen molar-refractivity contribution in [3.63, 3.8) is 0 Å². The van der Waals surface area contributed by atoms with Crippen LogP contribution in [0.2, 0.25) is 5.02 Å². The van der Waals surface area contributed by atoms with Crippen LogP contribution in [0.5, 0.6) is 0 Å². The van der Waals surface area contributed by atoms with Crippen molar-refractivity contribution in [3.8, 4) is 11.1 Å². The Hall–Kier alpha value is -4.87. The molecule has 0 radical (unpaired) electrons. The molecule has 1 aliphatic heterocycles. The predicted octanol–water partition coefficient (Wildman–Crippen LogP) is 8.58. The Labute approximate surface area is 269 Å². The highest BCUT2D eigenvalue weighted by atomic mass is 35.5. The molecule has 0 aliphatic carbocycles. The monoisotopic (exact) mass is 613 g/mol. The molecular weight excluding hydrogens is 578 g/mol. The number of rotatable bonds is 9. The lowest BCUT2D eigenvalue weighted by molar-refractivity contribution is -0.124. The summed E-state index contributed by atoms with van der Waals surface area (Å²) in [6.07, 6.45) is 1.82. The number of nitrogens with one attached hydrogen (secondary N) is 2. The number of carbonyl (C=O) groups is 2. The molecule has 226 valence electrons. The van der Waals surface area contributed by atoms with E-state index in [0.717, 1.165) is 59.6 Å². The molecule has 1 heterocycles. The van der Waals surface area contributed by atoms with Gasteiger partial charge in [-0.25, -0.2) is 0 Å². The number of benzene rings is 5. The molecule has 1 fully saturated rings. The Bertz CT molecular complexity index is 1730. The van der Waals surface area contributed by atoms with Gasteiger partial charge in [0, 0.05) is 47.2 Å². The third kappa shape index (κ3) is 7.27. The summed E-state index contributed by atoms with van der Waals surface area (Å²) in [4.78, 5) is 29.2. The first kappa shape index (κ1) is 30.2. The molecule has 0 saturated carbocycles. The van der Waals surface area contributed by atoms with Crippen molar-refractivity contribution in [1.82, 2.24) is 5.32 Å². The second-order valence-electron chi connectivity index (χ2n) is 11.4. The molecule has 1 unspecified atom stereocenters. The maximum atomic E-state index is 13.5. The predicted molar refractivity (Wildman–Crippen MR) is 184 cm³/mol. The van der Waals surface area contributed by atoms with Crippen LogP contribution < -0.4 is 15.5 Å². The number of anilines is 2. The van der Waals surface area contributed by atoms with Crippen LogP contribution in [0.25, 0.3) is 11.1 Å². The van der Waals surface area contributed by atoms with E-state index in [4.69, 9.17) is 11.6 Å². The molecule has 1 saturated heterocycles. The molecule has 6 rings (SSSR count). The lowest BCUT2D eigenvalue weighted by atomic mass is 9.79. The summed E-state index contributed by atoms with van der Waals surface area (Å²) in [7, 11) is 0. The van der Waals surface area contributed by atoms with Gasteiger partial charge in [0.1, 0.15) is 0 Å². The van der Waals surface area contributed by atoms with Gasteiger partial charge in [0.25, 0.3) is 5.91 Å². The number of halogens is 1. The molecule has 5 aromatic carbocycles. The molecule has 0 aromatic heterocycles. The Morgan fingerprint density at radius 2 is 1.31 bits per heavy atom. The Kier molecular flexibility index (Phi) is 9.57. The van der Waals surface area contributed by atoms with Crippen LogP contribution in [0.3, 0.4) is 0 Å². The molecule has 0 bridgehead atoms. The van der Waals surface area contributed by atoms with Gasteiger partial charge in [0.15, 0.2) is 0 Å². The maximum Gasteiger partial charge on any atom is 0.256 e. The number of piperidine rings is 1. The van der Waals surface area contributed by atoms with Gasteiger partial charge in [-0.1, -0.05) is 109 Å². The minimum atomic E-state index is -0.191. The highest BCUT2D eigenvalue weighted by molar-refractivity contribution is 6.33. The highest BCUT2D eigenvalue weighted by Gasteiger charge is 2.32. The van der Waals surface area contributed by atoms with Crippen molar-refractivity contribution < 1.29 is 9.59 Å². The Morgan fingerprint density at radius 3 is 2.00 bits per heavy atom. The molecule has 0 spiro atoms. The second kappa shape index (κ2) is 14.3. The van der Waals surface area contributed by atoms with Crippen LogP contribution in [0.15, 0.2) is 133 Å². The Balaban J connectivity index is 1.09. The van der Waals surface area contributed by atoms with E-state index in [1.54, 1.807) is 0 Å². The fourth-order valence-corrected chi connectivity index (χ4v) is 6.47. The van der Waals surface area contributed by atoms with E-state index < -0.39 is 0 Å². The van der Waals surface area contributed by atoms with Crippen molar-refractivity contribution >= 4 is 34.8 Å². The topological polar surface area (TPSA) is 61.4 Å². The molecule has 6 heteroatoms. The van der Waals surface area contributed by atoms with Crippen molar-refractivity contribution in [2.45, 2.75) is 25.3 Å². The SMILES string of the molecule is O=C(Nc1ccc(N2CCC(C(C(=O)NCc3ccccc3)c3ccccc3)CC2)cc1)c1ccccc1-c1ccccc1Cl. The number of carbonyl (C=O) groups excluding carboxylic acids is 2. The maximum absolute atomic E-state index is 13.5. The van der Waals surface area contributed by atoms with Gasteiger partial charge in [-0.2, -0.15) is 0 Å². The first-order valence-corrected chi connectivity index (χ1v) is 15.8. The summed E-state index contributed by atoms with van der Waals surface area (Å²) < 4.78 is 0. The second-order valence-corrected chi connectivity index (χ2v) is 11.8. The van der Waals surface area contributed by atoms with Gasteiger partial charge in [-0.3, -0.25) is 9.59 Å². The van der Waals surface area contributed by atoms with E-state index >= 15 is 0 Å². The fraction of sp³-hybridized carbons (Fsp3) is 0.179. The average molecular weight is 614 g/mol. The van der Waals surface area contributed by atoms with Gasteiger partial charge in [-0.15, -0.1) is 0 Å². The van der Waals surface area contributed by atoms with Crippen LogP contribution in [-0.2, 0) is 11.3 Å². The number of amides is 2. The summed E-state index contributed by atoms with van der Waals surface area (Å²) in [5.74, 6) is -0.0456. The smallest absolute Gasteiger partial charge is 0.256 e. The van der Waals surface area contributed by atoms with Crippen molar-refractivity contribution in [1.29, 1.82) is 0 Å². The number of nitrogens with zero attached hydrogens (tertiary/aromatic N) is 1. The van der Waals surface area contributed by atoms with Crippen molar-refractivity contribution in [2.24, 2.45) is 5.92 Å². The highest BCUT2D eigenvalue weighted by Crippen LogP contribution is 2.35. The lowest BCUT2D eigenvalue weighted by Gasteiger charge is -2.37. The van der Waals surface area contributed by atoms with Gasteiger partial charge < -0.3 is 15.5 Å². The van der Waals surface area contributed by atoms with Crippen molar-refractivity contribution in [2.75, 3.05) is 23.3 Å². The van der Waals surface area contributed by atoms with E-state index in [0.29, 0.717) is 17.1 Å². The molecular formula is C39H36ClN3O2. The zero-order valence-corrected chi connectivity index (χ0v) is 25.8. The van der Waals surface area contributed by atoms with E-state index in [2.05, 4.69) is 39.8 Å². The van der Waals surface area contributed by atoms with E-state index in [1.165, 1.54) is 0 Å². The van der Waals surface area contributed by atoms with Crippen LogP contribution >= 0.6 is 11.6 Å². The van der Waals surface area contributed by atoms with Crippen LogP contribution in [-0.4, -0.2) is 24.9 Å².